The zero-order valence-electron chi connectivity index (χ0n) is 11.9. The molecule has 0 radical (unpaired) electrons. The lowest BCUT2D eigenvalue weighted by Crippen LogP contribution is -2.04. The molecular formula is C16H18O4. The van der Waals surface area contributed by atoms with Crippen molar-refractivity contribution in [3.63, 3.8) is 0 Å². The van der Waals surface area contributed by atoms with Crippen LogP contribution in [0.5, 0.6) is 17.2 Å². The third-order valence-corrected chi connectivity index (χ3v) is 2.85. The van der Waals surface area contributed by atoms with E-state index < -0.39 is 0 Å². The van der Waals surface area contributed by atoms with Gasteiger partial charge in [0.2, 0.25) is 0 Å². The maximum Gasteiger partial charge on any atom is 0.308 e. The Morgan fingerprint density at radius 3 is 2.45 bits per heavy atom. The Morgan fingerprint density at radius 1 is 1.15 bits per heavy atom. The first kappa shape index (κ1) is 14.2. The Hall–Kier alpha value is -2.23. The van der Waals surface area contributed by atoms with Crippen molar-refractivity contribution >= 4 is 16.7 Å². The number of hydrogen-bond acceptors (Lipinski definition) is 4. The van der Waals surface area contributed by atoms with Gasteiger partial charge in [0, 0.05) is 23.8 Å². The first-order chi connectivity index (χ1) is 9.67. The Morgan fingerprint density at radius 2 is 1.85 bits per heavy atom. The molecular weight excluding hydrogens is 256 g/mol. The van der Waals surface area contributed by atoms with Gasteiger partial charge in [-0.1, -0.05) is 31.2 Å². The number of benzene rings is 2. The predicted octanol–water partition coefficient (Wildman–Crippen LogP) is 3.56. The highest BCUT2D eigenvalue weighted by molar-refractivity contribution is 5.96. The van der Waals surface area contributed by atoms with Crippen LogP contribution in [0.15, 0.2) is 30.3 Å². The van der Waals surface area contributed by atoms with Gasteiger partial charge in [0.15, 0.2) is 11.5 Å². The first-order valence-electron chi connectivity index (χ1n) is 6.58. The van der Waals surface area contributed by atoms with Crippen molar-refractivity contribution in [1.82, 2.24) is 0 Å². The third-order valence-electron chi connectivity index (χ3n) is 2.85. The van der Waals surface area contributed by atoms with E-state index in [0.717, 1.165) is 17.2 Å². The molecule has 106 valence electrons. The Balaban J connectivity index is 2.63. The lowest BCUT2D eigenvalue weighted by Gasteiger charge is -2.15. The van der Waals surface area contributed by atoms with Crippen molar-refractivity contribution in [2.45, 2.75) is 20.3 Å². The summed E-state index contributed by atoms with van der Waals surface area (Å²) in [4.78, 5) is 11.2. The van der Waals surface area contributed by atoms with Gasteiger partial charge in [-0.15, -0.1) is 0 Å². The quantitative estimate of drug-likeness (QED) is 0.617. The standard InChI is InChI=1S/C16H18O4/c1-4-9-19-16-13-8-6-5-7-12(13)14(20-11(2)17)10-15(16)18-3/h5-8,10H,4,9H2,1-3H3. The molecule has 0 bridgehead atoms. The van der Waals surface area contributed by atoms with Crippen molar-refractivity contribution in [3.05, 3.63) is 30.3 Å². The van der Waals surface area contributed by atoms with Gasteiger partial charge in [-0.2, -0.15) is 0 Å². The molecule has 0 unspecified atom stereocenters. The van der Waals surface area contributed by atoms with E-state index in [4.69, 9.17) is 14.2 Å². The third kappa shape index (κ3) is 2.85. The van der Waals surface area contributed by atoms with Crippen molar-refractivity contribution in [2.75, 3.05) is 13.7 Å². The van der Waals surface area contributed by atoms with Crippen LogP contribution in [0.4, 0.5) is 0 Å². The second-order valence-corrected chi connectivity index (χ2v) is 4.39. The molecule has 0 saturated carbocycles. The molecule has 0 aliphatic carbocycles. The van der Waals surface area contributed by atoms with E-state index >= 15 is 0 Å². The zero-order valence-corrected chi connectivity index (χ0v) is 11.9. The molecule has 0 aromatic heterocycles. The number of ether oxygens (including phenoxy) is 3. The van der Waals surface area contributed by atoms with Gasteiger partial charge < -0.3 is 14.2 Å². The van der Waals surface area contributed by atoms with Gasteiger partial charge >= 0.3 is 5.97 Å². The summed E-state index contributed by atoms with van der Waals surface area (Å²) >= 11 is 0. The van der Waals surface area contributed by atoms with Crippen LogP contribution in [0.3, 0.4) is 0 Å². The van der Waals surface area contributed by atoms with Gasteiger partial charge in [0.05, 0.1) is 13.7 Å². The van der Waals surface area contributed by atoms with E-state index in [1.54, 1.807) is 13.2 Å². The number of esters is 1. The maximum atomic E-state index is 11.2. The molecule has 0 atom stereocenters. The summed E-state index contributed by atoms with van der Waals surface area (Å²) in [6.07, 6.45) is 0.906. The molecule has 0 heterocycles. The van der Waals surface area contributed by atoms with Crippen molar-refractivity contribution in [3.8, 4) is 17.2 Å². The molecule has 20 heavy (non-hydrogen) atoms. The second-order valence-electron chi connectivity index (χ2n) is 4.39. The summed E-state index contributed by atoms with van der Waals surface area (Å²) in [6, 6.07) is 9.32. The lowest BCUT2D eigenvalue weighted by atomic mass is 10.1. The molecule has 0 aliphatic heterocycles. The molecule has 4 nitrogen and oxygen atoms in total. The van der Waals surface area contributed by atoms with E-state index in [1.165, 1.54) is 6.92 Å². The Kier molecular flexibility index (Phi) is 4.45. The van der Waals surface area contributed by atoms with Gasteiger partial charge in [0.1, 0.15) is 5.75 Å². The number of rotatable bonds is 5. The van der Waals surface area contributed by atoms with E-state index in [1.807, 2.05) is 31.2 Å². The normalized spacial score (nSPS) is 10.3. The molecule has 0 saturated heterocycles. The van der Waals surface area contributed by atoms with Gasteiger partial charge in [-0.3, -0.25) is 4.79 Å². The van der Waals surface area contributed by atoms with Crippen LogP contribution in [0.1, 0.15) is 20.3 Å². The number of hydrogen-bond donors (Lipinski definition) is 0. The lowest BCUT2D eigenvalue weighted by molar-refractivity contribution is -0.131. The van der Waals surface area contributed by atoms with E-state index in [9.17, 15) is 4.79 Å². The van der Waals surface area contributed by atoms with Crippen LogP contribution in [-0.2, 0) is 4.79 Å². The number of fused-ring (bicyclic) bond motifs is 1. The van der Waals surface area contributed by atoms with Gasteiger partial charge in [-0.05, 0) is 6.42 Å². The van der Waals surface area contributed by atoms with Crippen LogP contribution in [0, 0.1) is 0 Å². The van der Waals surface area contributed by atoms with Crippen molar-refractivity contribution in [1.29, 1.82) is 0 Å². The van der Waals surface area contributed by atoms with Crippen LogP contribution < -0.4 is 14.2 Å². The summed E-state index contributed by atoms with van der Waals surface area (Å²) in [6.45, 7) is 4.03. The second kappa shape index (κ2) is 6.28. The highest BCUT2D eigenvalue weighted by Gasteiger charge is 2.15. The number of carbonyl (C=O) groups excluding carboxylic acids is 1. The van der Waals surface area contributed by atoms with Crippen LogP contribution in [0.2, 0.25) is 0 Å². The van der Waals surface area contributed by atoms with Crippen LogP contribution in [0.25, 0.3) is 10.8 Å². The van der Waals surface area contributed by atoms with Gasteiger partial charge in [0.25, 0.3) is 0 Å². The highest BCUT2D eigenvalue weighted by Crippen LogP contribution is 2.41. The molecule has 0 amide bonds. The first-order valence-corrected chi connectivity index (χ1v) is 6.58. The topological polar surface area (TPSA) is 44.8 Å². The molecule has 0 spiro atoms. The summed E-state index contributed by atoms with van der Waals surface area (Å²) in [5.41, 5.74) is 0. The molecule has 2 aromatic rings. The van der Waals surface area contributed by atoms with Gasteiger partial charge in [-0.25, -0.2) is 0 Å². The highest BCUT2D eigenvalue weighted by atomic mass is 16.5. The molecule has 4 heteroatoms. The fourth-order valence-corrected chi connectivity index (χ4v) is 2.03. The molecule has 0 N–H and O–H groups in total. The summed E-state index contributed by atoms with van der Waals surface area (Å²) in [5, 5.41) is 1.70. The van der Waals surface area contributed by atoms with Crippen molar-refractivity contribution in [2.24, 2.45) is 0 Å². The maximum absolute atomic E-state index is 11.2. The van der Waals surface area contributed by atoms with Crippen LogP contribution in [-0.4, -0.2) is 19.7 Å². The van der Waals surface area contributed by atoms with E-state index in [0.29, 0.717) is 23.9 Å². The number of carbonyl (C=O) groups is 1. The fourth-order valence-electron chi connectivity index (χ4n) is 2.03. The number of methoxy groups -OCH3 is 1. The Labute approximate surface area is 118 Å². The zero-order chi connectivity index (χ0) is 14.5. The molecule has 2 aromatic carbocycles. The smallest absolute Gasteiger partial charge is 0.308 e. The average molecular weight is 274 g/mol. The molecule has 0 aliphatic rings. The van der Waals surface area contributed by atoms with E-state index in [2.05, 4.69) is 0 Å². The minimum Gasteiger partial charge on any atom is -0.493 e. The largest absolute Gasteiger partial charge is 0.493 e. The predicted molar refractivity (Wildman–Crippen MR) is 77.6 cm³/mol. The minimum absolute atomic E-state index is 0.362. The summed E-state index contributed by atoms with van der Waals surface area (Å²) < 4.78 is 16.4. The summed E-state index contributed by atoms with van der Waals surface area (Å²) in [7, 11) is 1.57. The molecule has 0 fully saturated rings. The molecule has 2 rings (SSSR count). The average Bonchev–Trinajstić information content (AvgIpc) is 2.45. The SMILES string of the molecule is CCCOc1c(OC)cc(OC(C)=O)c2ccccc12. The van der Waals surface area contributed by atoms with Crippen LogP contribution >= 0.6 is 0 Å². The summed E-state index contributed by atoms with van der Waals surface area (Å²) in [5.74, 6) is 1.36. The Bertz CT molecular complexity index is 619. The monoisotopic (exact) mass is 274 g/mol. The van der Waals surface area contributed by atoms with Crippen molar-refractivity contribution < 1.29 is 19.0 Å². The minimum atomic E-state index is -0.362. The van der Waals surface area contributed by atoms with E-state index in [-0.39, 0.29) is 5.97 Å². The fraction of sp³-hybridized carbons (Fsp3) is 0.312.